The highest BCUT2D eigenvalue weighted by Crippen LogP contribution is 2.16. The Morgan fingerprint density at radius 2 is 1.68 bits per heavy atom. The summed E-state index contributed by atoms with van der Waals surface area (Å²) in [5, 5.41) is 3.35. The predicted molar refractivity (Wildman–Crippen MR) is 83.2 cm³/mol. The van der Waals surface area contributed by atoms with Crippen LogP contribution in [0.15, 0.2) is 33.6 Å². The standard InChI is InChI=1S/C14H22BrNO2S/c1-14(2,3)16-10-4-5-11-19(17,18)13-8-6-12(15)7-9-13/h6-9,16H,4-5,10-11H2,1-3H3. The van der Waals surface area contributed by atoms with Crippen molar-refractivity contribution >= 4 is 25.8 Å². The third-order valence-corrected chi connectivity index (χ3v) is 5.01. The molecule has 1 N–H and O–H groups in total. The topological polar surface area (TPSA) is 46.2 Å². The second-order valence-corrected chi connectivity index (χ2v) is 8.68. The number of hydrogen-bond acceptors (Lipinski definition) is 3. The molecule has 19 heavy (non-hydrogen) atoms. The van der Waals surface area contributed by atoms with Crippen LogP contribution in [0, 0.1) is 0 Å². The summed E-state index contributed by atoms with van der Waals surface area (Å²) in [6.07, 6.45) is 1.55. The number of sulfone groups is 1. The first-order valence-electron chi connectivity index (χ1n) is 6.44. The maximum absolute atomic E-state index is 12.1. The zero-order valence-corrected chi connectivity index (χ0v) is 14.1. The van der Waals surface area contributed by atoms with E-state index >= 15 is 0 Å². The van der Waals surface area contributed by atoms with Gasteiger partial charge in [0.25, 0.3) is 0 Å². The summed E-state index contributed by atoms with van der Waals surface area (Å²) < 4.78 is 25.0. The number of halogens is 1. The largest absolute Gasteiger partial charge is 0.312 e. The molecule has 0 saturated carbocycles. The molecule has 0 radical (unpaired) electrons. The smallest absolute Gasteiger partial charge is 0.178 e. The van der Waals surface area contributed by atoms with Crippen LogP contribution in [-0.4, -0.2) is 26.3 Å². The molecular formula is C14H22BrNO2S. The van der Waals surface area contributed by atoms with E-state index in [0.717, 1.165) is 17.4 Å². The minimum Gasteiger partial charge on any atom is -0.312 e. The average Bonchev–Trinajstić information content (AvgIpc) is 2.27. The Labute approximate surface area is 124 Å². The Kier molecular flexibility index (Phi) is 6.02. The highest BCUT2D eigenvalue weighted by Gasteiger charge is 2.14. The molecule has 0 bridgehead atoms. The fourth-order valence-electron chi connectivity index (χ4n) is 1.64. The molecule has 3 nitrogen and oxygen atoms in total. The average molecular weight is 348 g/mol. The van der Waals surface area contributed by atoms with Crippen molar-refractivity contribution in [3.63, 3.8) is 0 Å². The highest BCUT2D eigenvalue weighted by molar-refractivity contribution is 9.10. The highest BCUT2D eigenvalue weighted by atomic mass is 79.9. The predicted octanol–water partition coefficient (Wildman–Crippen LogP) is 3.39. The third kappa shape index (κ3) is 6.54. The summed E-state index contributed by atoms with van der Waals surface area (Å²) in [6, 6.07) is 6.81. The van der Waals surface area contributed by atoms with Gasteiger partial charge in [-0.05, 0) is 64.4 Å². The van der Waals surface area contributed by atoms with Crippen LogP contribution in [0.2, 0.25) is 0 Å². The van der Waals surface area contributed by atoms with E-state index in [1.165, 1.54) is 0 Å². The van der Waals surface area contributed by atoms with Crippen LogP contribution in [-0.2, 0) is 9.84 Å². The van der Waals surface area contributed by atoms with Gasteiger partial charge in [0.05, 0.1) is 10.6 Å². The van der Waals surface area contributed by atoms with Crippen LogP contribution in [0.1, 0.15) is 33.6 Å². The maximum atomic E-state index is 12.1. The van der Waals surface area contributed by atoms with E-state index in [0.29, 0.717) is 11.3 Å². The van der Waals surface area contributed by atoms with E-state index in [-0.39, 0.29) is 11.3 Å². The molecule has 1 aromatic rings. The van der Waals surface area contributed by atoms with Crippen molar-refractivity contribution in [2.24, 2.45) is 0 Å². The summed E-state index contributed by atoms with van der Waals surface area (Å²) in [5.74, 6) is 0.209. The molecule has 0 spiro atoms. The molecule has 0 aliphatic rings. The van der Waals surface area contributed by atoms with E-state index in [1.54, 1.807) is 24.3 Å². The van der Waals surface area contributed by atoms with Gasteiger partial charge in [-0.25, -0.2) is 8.42 Å². The molecule has 0 aromatic heterocycles. The van der Waals surface area contributed by atoms with Crippen molar-refractivity contribution in [1.29, 1.82) is 0 Å². The molecule has 0 unspecified atom stereocenters. The lowest BCUT2D eigenvalue weighted by atomic mass is 10.1. The van der Waals surface area contributed by atoms with Gasteiger partial charge in [-0.3, -0.25) is 0 Å². The van der Waals surface area contributed by atoms with Crippen molar-refractivity contribution in [3.8, 4) is 0 Å². The van der Waals surface area contributed by atoms with Crippen LogP contribution in [0.4, 0.5) is 0 Å². The first kappa shape index (κ1) is 16.7. The molecule has 108 valence electrons. The molecule has 0 aliphatic heterocycles. The summed E-state index contributed by atoms with van der Waals surface area (Å²) >= 11 is 3.30. The molecule has 1 rings (SSSR count). The zero-order chi connectivity index (χ0) is 14.5. The molecule has 5 heteroatoms. The Morgan fingerprint density at radius 1 is 1.11 bits per heavy atom. The Hall–Kier alpha value is -0.390. The van der Waals surface area contributed by atoms with Gasteiger partial charge in [-0.2, -0.15) is 0 Å². The molecule has 0 fully saturated rings. The van der Waals surface area contributed by atoms with Gasteiger partial charge >= 0.3 is 0 Å². The molecule has 0 heterocycles. The first-order valence-corrected chi connectivity index (χ1v) is 8.89. The SMILES string of the molecule is CC(C)(C)NCCCCS(=O)(=O)c1ccc(Br)cc1. The van der Waals surface area contributed by atoms with Crippen LogP contribution in [0.3, 0.4) is 0 Å². The second-order valence-electron chi connectivity index (χ2n) is 5.66. The number of benzene rings is 1. The maximum Gasteiger partial charge on any atom is 0.178 e. The van der Waals surface area contributed by atoms with Gasteiger partial charge in [-0.15, -0.1) is 0 Å². The Morgan fingerprint density at radius 3 is 2.21 bits per heavy atom. The van der Waals surface area contributed by atoms with Gasteiger partial charge in [0, 0.05) is 10.0 Å². The minimum atomic E-state index is -3.14. The molecule has 0 amide bonds. The quantitative estimate of drug-likeness (QED) is 0.802. The normalized spacial score (nSPS) is 12.6. The lowest BCUT2D eigenvalue weighted by Crippen LogP contribution is -2.36. The van der Waals surface area contributed by atoms with Gasteiger partial charge < -0.3 is 5.32 Å². The lowest BCUT2D eigenvalue weighted by molar-refractivity contribution is 0.421. The summed E-state index contributed by atoms with van der Waals surface area (Å²) in [7, 11) is -3.14. The molecule has 0 aliphatic carbocycles. The fraction of sp³-hybridized carbons (Fsp3) is 0.571. The molecule has 0 atom stereocenters. The van der Waals surface area contributed by atoms with Crippen molar-refractivity contribution < 1.29 is 8.42 Å². The van der Waals surface area contributed by atoms with Crippen molar-refractivity contribution in [2.75, 3.05) is 12.3 Å². The van der Waals surface area contributed by atoms with E-state index < -0.39 is 9.84 Å². The Bertz CT molecular complexity index is 489. The van der Waals surface area contributed by atoms with Gasteiger partial charge in [0.1, 0.15) is 0 Å². The van der Waals surface area contributed by atoms with E-state index in [4.69, 9.17) is 0 Å². The number of nitrogens with one attached hydrogen (secondary N) is 1. The second kappa shape index (κ2) is 6.86. The van der Waals surface area contributed by atoms with Crippen molar-refractivity contribution in [3.05, 3.63) is 28.7 Å². The van der Waals surface area contributed by atoms with Gasteiger partial charge in [0.15, 0.2) is 9.84 Å². The summed E-state index contributed by atoms with van der Waals surface area (Å²) in [5.41, 5.74) is 0.0879. The fourth-order valence-corrected chi connectivity index (χ4v) is 3.28. The van der Waals surface area contributed by atoms with Gasteiger partial charge in [0.2, 0.25) is 0 Å². The van der Waals surface area contributed by atoms with Gasteiger partial charge in [-0.1, -0.05) is 15.9 Å². The third-order valence-electron chi connectivity index (χ3n) is 2.67. The van der Waals surface area contributed by atoms with Crippen LogP contribution >= 0.6 is 15.9 Å². The van der Waals surface area contributed by atoms with Crippen LogP contribution < -0.4 is 5.32 Å². The summed E-state index contributed by atoms with van der Waals surface area (Å²) in [4.78, 5) is 0.402. The summed E-state index contributed by atoms with van der Waals surface area (Å²) in [6.45, 7) is 7.15. The minimum absolute atomic E-state index is 0.0879. The number of rotatable bonds is 6. The molecular weight excluding hydrogens is 326 g/mol. The van der Waals surface area contributed by atoms with E-state index in [1.807, 2.05) is 0 Å². The first-order chi connectivity index (χ1) is 8.71. The molecule has 1 aromatic carbocycles. The van der Waals surface area contributed by atoms with Crippen LogP contribution in [0.5, 0.6) is 0 Å². The Balaban J connectivity index is 2.42. The van der Waals surface area contributed by atoms with E-state index in [9.17, 15) is 8.42 Å². The monoisotopic (exact) mass is 347 g/mol. The van der Waals surface area contributed by atoms with E-state index in [2.05, 4.69) is 42.0 Å². The lowest BCUT2D eigenvalue weighted by Gasteiger charge is -2.20. The number of unbranched alkanes of at least 4 members (excludes halogenated alkanes) is 1. The van der Waals surface area contributed by atoms with Crippen molar-refractivity contribution in [2.45, 2.75) is 44.0 Å². The van der Waals surface area contributed by atoms with Crippen LogP contribution in [0.25, 0.3) is 0 Å². The number of hydrogen-bond donors (Lipinski definition) is 1. The molecule has 0 saturated heterocycles. The zero-order valence-electron chi connectivity index (χ0n) is 11.7. The van der Waals surface area contributed by atoms with Crippen molar-refractivity contribution in [1.82, 2.24) is 5.32 Å².